The van der Waals surface area contributed by atoms with Gasteiger partial charge in [-0.1, -0.05) is 12.1 Å². The van der Waals surface area contributed by atoms with E-state index in [9.17, 15) is 0 Å². The van der Waals surface area contributed by atoms with Crippen LogP contribution in [0.15, 0.2) is 41.1 Å². The quantitative estimate of drug-likeness (QED) is 0.662. The highest BCUT2D eigenvalue weighted by atomic mass is 32.1. The predicted octanol–water partition coefficient (Wildman–Crippen LogP) is 3.00. The molecule has 2 rings (SSSR count). The molecule has 0 spiro atoms. The summed E-state index contributed by atoms with van der Waals surface area (Å²) < 4.78 is 0. The first-order chi connectivity index (χ1) is 5.86. The summed E-state index contributed by atoms with van der Waals surface area (Å²) in [6.07, 6.45) is 0. The lowest BCUT2D eigenvalue weighted by Crippen LogP contribution is -1.83. The van der Waals surface area contributed by atoms with Crippen LogP contribution in [-0.4, -0.2) is 0 Å². The molecule has 1 nitrogen and oxygen atoms in total. The number of hydrogen-bond acceptors (Lipinski definition) is 2. The van der Waals surface area contributed by atoms with E-state index in [2.05, 4.69) is 22.9 Å². The van der Waals surface area contributed by atoms with Crippen LogP contribution >= 0.6 is 11.3 Å². The number of anilines is 1. The van der Waals surface area contributed by atoms with Crippen molar-refractivity contribution in [3.8, 4) is 11.1 Å². The Morgan fingerprint density at radius 3 is 2.67 bits per heavy atom. The fourth-order valence-corrected chi connectivity index (χ4v) is 1.81. The van der Waals surface area contributed by atoms with Crippen molar-refractivity contribution in [1.82, 2.24) is 0 Å². The summed E-state index contributed by atoms with van der Waals surface area (Å²) >= 11 is 1.70. The molecule has 60 valence electrons. The molecule has 0 aliphatic heterocycles. The Labute approximate surface area is 75.5 Å². The zero-order chi connectivity index (χ0) is 8.39. The van der Waals surface area contributed by atoms with Crippen molar-refractivity contribution in [3.63, 3.8) is 0 Å². The Morgan fingerprint density at radius 1 is 1.08 bits per heavy atom. The standard InChI is InChI=1S/C10H9NS/c11-10-3-1-2-8(6-10)9-4-5-12-7-9/h1-7H,11H2. The van der Waals surface area contributed by atoms with Gasteiger partial charge in [0.25, 0.3) is 0 Å². The van der Waals surface area contributed by atoms with Crippen molar-refractivity contribution in [2.24, 2.45) is 0 Å². The average Bonchev–Trinajstić information content (AvgIpc) is 2.56. The van der Waals surface area contributed by atoms with Crippen LogP contribution in [0.3, 0.4) is 0 Å². The molecule has 0 amide bonds. The van der Waals surface area contributed by atoms with Crippen LogP contribution in [0.1, 0.15) is 0 Å². The maximum Gasteiger partial charge on any atom is 0.0320 e. The topological polar surface area (TPSA) is 26.0 Å². The van der Waals surface area contributed by atoms with Crippen LogP contribution in [-0.2, 0) is 0 Å². The Balaban J connectivity index is 2.48. The molecule has 12 heavy (non-hydrogen) atoms. The molecule has 2 heteroatoms. The molecule has 0 saturated carbocycles. The number of nitrogen functional groups attached to an aromatic ring is 1. The van der Waals surface area contributed by atoms with Crippen LogP contribution in [0.4, 0.5) is 5.69 Å². The van der Waals surface area contributed by atoms with Gasteiger partial charge in [0.2, 0.25) is 0 Å². The number of nitrogens with two attached hydrogens (primary N) is 1. The highest BCUT2D eigenvalue weighted by molar-refractivity contribution is 7.08. The average molecular weight is 175 g/mol. The highest BCUT2D eigenvalue weighted by Gasteiger charge is 1.96. The van der Waals surface area contributed by atoms with Gasteiger partial charge in [-0.25, -0.2) is 0 Å². The van der Waals surface area contributed by atoms with Crippen LogP contribution in [0, 0.1) is 0 Å². The van der Waals surface area contributed by atoms with Crippen molar-refractivity contribution in [3.05, 3.63) is 41.1 Å². The zero-order valence-corrected chi connectivity index (χ0v) is 7.34. The molecule has 0 aliphatic rings. The van der Waals surface area contributed by atoms with Crippen molar-refractivity contribution < 1.29 is 0 Å². The zero-order valence-electron chi connectivity index (χ0n) is 6.53. The van der Waals surface area contributed by atoms with Gasteiger partial charge < -0.3 is 5.73 Å². The molecule has 0 aliphatic carbocycles. The smallest absolute Gasteiger partial charge is 0.0320 e. The second-order valence-corrected chi connectivity index (χ2v) is 3.42. The van der Waals surface area contributed by atoms with Gasteiger partial charge in [-0.2, -0.15) is 11.3 Å². The van der Waals surface area contributed by atoms with Gasteiger partial charge in [0.15, 0.2) is 0 Å². The summed E-state index contributed by atoms with van der Waals surface area (Å²) in [5, 5.41) is 4.19. The lowest BCUT2D eigenvalue weighted by Gasteiger charge is -1.97. The predicted molar refractivity (Wildman–Crippen MR) is 54.2 cm³/mol. The molecule has 1 heterocycles. The minimum Gasteiger partial charge on any atom is -0.399 e. The van der Waals surface area contributed by atoms with Crippen molar-refractivity contribution in [2.45, 2.75) is 0 Å². The lowest BCUT2D eigenvalue weighted by atomic mass is 10.1. The van der Waals surface area contributed by atoms with Crippen LogP contribution < -0.4 is 5.73 Å². The van der Waals surface area contributed by atoms with Crippen molar-refractivity contribution >= 4 is 17.0 Å². The van der Waals surface area contributed by atoms with Gasteiger partial charge in [0.1, 0.15) is 0 Å². The van der Waals surface area contributed by atoms with E-state index in [1.54, 1.807) is 11.3 Å². The van der Waals surface area contributed by atoms with Gasteiger partial charge >= 0.3 is 0 Å². The molecule has 2 N–H and O–H groups in total. The third-order valence-electron chi connectivity index (χ3n) is 1.74. The Morgan fingerprint density at radius 2 is 2.00 bits per heavy atom. The van der Waals surface area contributed by atoms with Crippen LogP contribution in [0.2, 0.25) is 0 Å². The molecule has 0 unspecified atom stereocenters. The Hall–Kier alpha value is -1.28. The minimum atomic E-state index is 0.818. The van der Waals surface area contributed by atoms with Crippen LogP contribution in [0.5, 0.6) is 0 Å². The largest absolute Gasteiger partial charge is 0.399 e. The van der Waals surface area contributed by atoms with E-state index >= 15 is 0 Å². The first kappa shape index (κ1) is 7.37. The van der Waals surface area contributed by atoms with Crippen molar-refractivity contribution in [1.29, 1.82) is 0 Å². The molecule has 1 aromatic heterocycles. The van der Waals surface area contributed by atoms with E-state index in [4.69, 9.17) is 5.73 Å². The van der Waals surface area contributed by atoms with Crippen molar-refractivity contribution in [2.75, 3.05) is 5.73 Å². The molecular weight excluding hydrogens is 166 g/mol. The SMILES string of the molecule is Nc1cccc(-c2ccsc2)c1. The van der Waals surface area contributed by atoms with Gasteiger partial charge in [-0.3, -0.25) is 0 Å². The van der Waals surface area contributed by atoms with E-state index < -0.39 is 0 Å². The van der Waals surface area contributed by atoms with E-state index in [1.165, 1.54) is 11.1 Å². The molecule has 0 saturated heterocycles. The monoisotopic (exact) mass is 175 g/mol. The Bertz CT molecular complexity index is 365. The second-order valence-electron chi connectivity index (χ2n) is 2.64. The number of rotatable bonds is 1. The summed E-state index contributed by atoms with van der Waals surface area (Å²) in [4.78, 5) is 0. The number of hydrogen-bond donors (Lipinski definition) is 1. The van der Waals surface area contributed by atoms with Gasteiger partial charge in [0.05, 0.1) is 0 Å². The van der Waals surface area contributed by atoms with E-state index in [1.807, 2.05) is 18.2 Å². The normalized spacial score (nSPS) is 10.0. The molecule has 2 aromatic rings. The summed E-state index contributed by atoms with van der Waals surface area (Å²) in [6, 6.07) is 10.0. The molecular formula is C10H9NS. The van der Waals surface area contributed by atoms with E-state index in [-0.39, 0.29) is 0 Å². The molecule has 0 fully saturated rings. The lowest BCUT2D eigenvalue weighted by molar-refractivity contribution is 1.66. The van der Waals surface area contributed by atoms with E-state index in [0.717, 1.165) is 5.69 Å². The molecule has 0 radical (unpaired) electrons. The maximum absolute atomic E-state index is 5.67. The summed E-state index contributed by atoms with van der Waals surface area (Å²) in [7, 11) is 0. The molecule has 0 atom stereocenters. The highest BCUT2D eigenvalue weighted by Crippen LogP contribution is 2.23. The summed E-state index contributed by atoms with van der Waals surface area (Å²) in [5.74, 6) is 0. The first-order valence-corrected chi connectivity index (χ1v) is 4.68. The molecule has 0 bridgehead atoms. The number of thiophene rings is 1. The summed E-state index contributed by atoms with van der Waals surface area (Å²) in [5.41, 5.74) is 8.92. The van der Waals surface area contributed by atoms with Gasteiger partial charge in [-0.05, 0) is 40.1 Å². The first-order valence-electron chi connectivity index (χ1n) is 3.74. The van der Waals surface area contributed by atoms with E-state index in [0.29, 0.717) is 0 Å². The van der Waals surface area contributed by atoms with Gasteiger partial charge in [0, 0.05) is 5.69 Å². The summed E-state index contributed by atoms with van der Waals surface area (Å²) in [6.45, 7) is 0. The van der Waals surface area contributed by atoms with Gasteiger partial charge in [-0.15, -0.1) is 0 Å². The van der Waals surface area contributed by atoms with Crippen LogP contribution in [0.25, 0.3) is 11.1 Å². The minimum absolute atomic E-state index is 0.818. The number of benzene rings is 1. The second kappa shape index (κ2) is 2.99. The maximum atomic E-state index is 5.67. The fourth-order valence-electron chi connectivity index (χ4n) is 1.15. The Kier molecular flexibility index (Phi) is 1.84. The third kappa shape index (κ3) is 1.34. The fraction of sp³-hybridized carbons (Fsp3) is 0. The molecule has 1 aromatic carbocycles. The third-order valence-corrected chi connectivity index (χ3v) is 2.42.